The highest BCUT2D eigenvalue weighted by molar-refractivity contribution is 6.15. The van der Waals surface area contributed by atoms with Gasteiger partial charge in [0.2, 0.25) is 0 Å². The molecule has 3 aromatic heterocycles. The summed E-state index contributed by atoms with van der Waals surface area (Å²) in [6, 6.07) is 50.7. The lowest BCUT2D eigenvalue weighted by molar-refractivity contribution is 0.761. The molecule has 0 saturated carbocycles. The molecule has 1 aliphatic carbocycles. The zero-order chi connectivity index (χ0) is 38.0. The van der Waals surface area contributed by atoms with Gasteiger partial charge in [0.15, 0.2) is 0 Å². The molecule has 9 aromatic rings. The van der Waals surface area contributed by atoms with E-state index >= 15 is 0 Å². The predicted molar refractivity (Wildman–Crippen MR) is 235 cm³/mol. The van der Waals surface area contributed by atoms with Crippen LogP contribution in [0, 0.1) is 0 Å². The van der Waals surface area contributed by atoms with Crippen molar-refractivity contribution >= 4 is 43.7 Å². The van der Waals surface area contributed by atoms with Crippen LogP contribution in [0.15, 0.2) is 194 Å². The molecule has 1 aliphatic rings. The Labute approximate surface area is 325 Å². The Balaban J connectivity index is 1.13. The molecule has 56 heavy (non-hydrogen) atoms. The summed E-state index contributed by atoms with van der Waals surface area (Å²) in [5.74, 6) is 0. The number of fused-ring (bicyclic) bond motifs is 10. The first kappa shape index (κ1) is 33.3. The van der Waals surface area contributed by atoms with Gasteiger partial charge in [0.05, 0.1) is 22.0 Å². The molecule has 10 rings (SSSR count). The quantitative estimate of drug-likeness (QED) is 0.143. The number of hydrogen-bond acceptors (Lipinski definition) is 2. The highest BCUT2D eigenvalue weighted by atomic mass is 15.1. The lowest BCUT2D eigenvalue weighted by Gasteiger charge is -2.35. The molecule has 0 atom stereocenters. The molecule has 0 saturated heterocycles. The number of allylic oxidation sites excluding steroid dienone is 6. The minimum atomic E-state index is -0.618. The largest absolute Gasteiger partial charge is 0.405 e. The molecule has 6 aromatic carbocycles. The smallest absolute Gasteiger partial charge is 0.123 e. The van der Waals surface area contributed by atoms with E-state index < -0.39 is 5.41 Å². The summed E-state index contributed by atoms with van der Waals surface area (Å²) in [7, 11) is 0. The molecule has 5 nitrogen and oxygen atoms in total. The van der Waals surface area contributed by atoms with Crippen LogP contribution in [0.1, 0.15) is 25.0 Å². The van der Waals surface area contributed by atoms with Gasteiger partial charge in [0, 0.05) is 44.7 Å². The molecular formula is C51H41N5. The fourth-order valence-corrected chi connectivity index (χ4v) is 9.61. The maximum atomic E-state index is 6.15. The van der Waals surface area contributed by atoms with E-state index in [2.05, 4.69) is 180 Å². The Kier molecular flexibility index (Phi) is 7.72. The lowest BCUT2D eigenvalue weighted by Crippen LogP contribution is -2.29. The van der Waals surface area contributed by atoms with Gasteiger partial charge in [-0.05, 0) is 120 Å². The number of nitrogens with one attached hydrogen (secondary N) is 1. The number of benzene rings is 6. The average molecular weight is 724 g/mol. The van der Waals surface area contributed by atoms with Gasteiger partial charge in [-0.3, -0.25) is 4.57 Å². The monoisotopic (exact) mass is 723 g/mol. The number of nitrogens with two attached hydrogens (primary N) is 2. The summed E-state index contributed by atoms with van der Waals surface area (Å²) in [4.78, 5) is 3.59. The first-order valence-electron chi connectivity index (χ1n) is 19.2. The topological polar surface area (TPSA) is 77.7 Å². The average Bonchev–Trinajstić information content (AvgIpc) is 4.01. The normalized spacial score (nSPS) is 16.0. The summed E-state index contributed by atoms with van der Waals surface area (Å²) in [6.07, 6.45) is 13.7. The van der Waals surface area contributed by atoms with Crippen molar-refractivity contribution in [1.82, 2.24) is 14.1 Å². The van der Waals surface area contributed by atoms with Crippen molar-refractivity contribution in [3.8, 4) is 33.6 Å². The molecule has 5 N–H and O–H groups in total. The summed E-state index contributed by atoms with van der Waals surface area (Å²) in [5.41, 5.74) is 27.9. The third kappa shape index (κ3) is 4.55. The third-order valence-electron chi connectivity index (χ3n) is 11.8. The first-order chi connectivity index (χ1) is 27.6. The van der Waals surface area contributed by atoms with Crippen molar-refractivity contribution in [1.29, 1.82) is 0 Å². The van der Waals surface area contributed by atoms with Gasteiger partial charge in [-0.1, -0.05) is 109 Å². The van der Waals surface area contributed by atoms with Gasteiger partial charge < -0.3 is 21.0 Å². The Morgan fingerprint density at radius 1 is 0.536 bits per heavy atom. The number of nitrogens with zero attached hydrogens (tertiary/aromatic N) is 2. The second-order valence-electron chi connectivity index (χ2n) is 14.4. The zero-order valence-electron chi connectivity index (χ0n) is 31.4. The van der Waals surface area contributed by atoms with Crippen LogP contribution in [0.5, 0.6) is 0 Å². The second-order valence-corrected chi connectivity index (χ2v) is 14.4. The molecular weight excluding hydrogens is 683 g/mol. The van der Waals surface area contributed by atoms with Gasteiger partial charge in [-0.15, -0.1) is 0 Å². The van der Waals surface area contributed by atoms with E-state index in [0.717, 1.165) is 33.7 Å². The zero-order valence-corrected chi connectivity index (χ0v) is 31.4. The van der Waals surface area contributed by atoms with Crippen LogP contribution < -0.4 is 11.5 Å². The van der Waals surface area contributed by atoms with E-state index in [1.54, 1.807) is 12.4 Å². The molecule has 0 unspecified atom stereocenters. The van der Waals surface area contributed by atoms with Crippen LogP contribution in [0.3, 0.4) is 0 Å². The van der Waals surface area contributed by atoms with Crippen LogP contribution >= 0.6 is 0 Å². The van der Waals surface area contributed by atoms with Crippen molar-refractivity contribution in [3.05, 3.63) is 205 Å². The van der Waals surface area contributed by atoms with Gasteiger partial charge in [-0.2, -0.15) is 0 Å². The Hall–Kier alpha value is -7.24. The summed E-state index contributed by atoms with van der Waals surface area (Å²) in [6.45, 7) is 4.17. The number of hydrogen-bond donors (Lipinski definition) is 3. The van der Waals surface area contributed by atoms with Crippen LogP contribution in [-0.4, -0.2) is 14.1 Å². The van der Waals surface area contributed by atoms with Crippen molar-refractivity contribution in [2.24, 2.45) is 11.5 Å². The van der Waals surface area contributed by atoms with Crippen LogP contribution in [0.4, 0.5) is 0 Å². The van der Waals surface area contributed by atoms with E-state index in [4.69, 9.17) is 11.5 Å². The fourth-order valence-electron chi connectivity index (χ4n) is 9.61. The maximum Gasteiger partial charge on any atom is 0.123 e. The third-order valence-corrected chi connectivity index (χ3v) is 11.8. The highest BCUT2D eigenvalue weighted by Gasteiger charge is 2.48. The summed E-state index contributed by atoms with van der Waals surface area (Å²) in [5, 5.41) is 4.91. The standard InChI is InChI=1S/C51H41N5/c1-3-35(27-30-52)51(36(4-2)28-31-53)44-14-8-5-13-43(44)48-45(51)26-25-41-42-29-32-54-50(42)56(49(41)48)38-23-19-34(20-24-38)33-17-21-37(22-18-33)55-46-15-9-6-11-39(46)40-12-7-10-16-47(40)55/h3-32,54H,52-53H2,1-2H3. The molecule has 5 heteroatoms. The summed E-state index contributed by atoms with van der Waals surface area (Å²) < 4.78 is 4.76. The lowest BCUT2D eigenvalue weighted by atomic mass is 9.66. The number of rotatable bonds is 7. The molecule has 0 spiro atoms. The highest BCUT2D eigenvalue weighted by Crippen LogP contribution is 2.59. The molecule has 0 aliphatic heterocycles. The molecule has 0 fully saturated rings. The van der Waals surface area contributed by atoms with Gasteiger partial charge >= 0.3 is 0 Å². The predicted octanol–water partition coefficient (Wildman–Crippen LogP) is 12.0. The molecule has 3 heterocycles. The van der Waals surface area contributed by atoms with Crippen LogP contribution in [0.25, 0.3) is 77.4 Å². The van der Waals surface area contributed by atoms with Gasteiger partial charge in [-0.25, -0.2) is 0 Å². The van der Waals surface area contributed by atoms with Crippen LogP contribution in [0.2, 0.25) is 0 Å². The number of para-hydroxylation sites is 2. The van der Waals surface area contributed by atoms with Crippen molar-refractivity contribution in [2.75, 3.05) is 0 Å². The van der Waals surface area contributed by atoms with E-state index in [-0.39, 0.29) is 0 Å². The first-order valence-corrected chi connectivity index (χ1v) is 19.2. The van der Waals surface area contributed by atoms with Gasteiger partial charge in [0.25, 0.3) is 0 Å². The maximum absolute atomic E-state index is 6.15. The minimum absolute atomic E-state index is 0.618. The van der Waals surface area contributed by atoms with E-state index in [0.29, 0.717) is 0 Å². The van der Waals surface area contributed by atoms with Crippen LogP contribution in [-0.2, 0) is 5.41 Å². The van der Waals surface area contributed by atoms with E-state index in [9.17, 15) is 0 Å². The molecule has 0 radical (unpaired) electrons. The van der Waals surface area contributed by atoms with E-state index in [1.807, 2.05) is 18.3 Å². The second kappa shape index (κ2) is 13.0. The molecule has 0 bridgehead atoms. The minimum Gasteiger partial charge on any atom is -0.405 e. The van der Waals surface area contributed by atoms with E-state index in [1.165, 1.54) is 65.9 Å². The molecule has 0 amide bonds. The molecule has 270 valence electrons. The summed E-state index contributed by atoms with van der Waals surface area (Å²) >= 11 is 0. The number of aromatic amines is 1. The van der Waals surface area contributed by atoms with Crippen molar-refractivity contribution < 1.29 is 0 Å². The number of aromatic nitrogens is 3. The number of H-pyrrole nitrogens is 1. The van der Waals surface area contributed by atoms with Crippen molar-refractivity contribution in [2.45, 2.75) is 19.3 Å². The SMILES string of the molecule is CC=C(C=CN)C1(C(C=CN)=CC)c2ccccc2-c2c1ccc1c3cc[nH]c3n(-c3ccc(-c4ccc(-n5c6ccccc6c6ccccc65)cc4)cc3)c21. The Bertz CT molecular complexity index is 3020. The van der Waals surface area contributed by atoms with Crippen molar-refractivity contribution in [3.63, 3.8) is 0 Å². The Morgan fingerprint density at radius 3 is 1.68 bits per heavy atom. The fraction of sp³-hybridized carbons (Fsp3) is 0.0588. The Morgan fingerprint density at radius 2 is 1.09 bits per heavy atom. The van der Waals surface area contributed by atoms with Gasteiger partial charge in [0.1, 0.15) is 5.65 Å².